The van der Waals surface area contributed by atoms with E-state index in [2.05, 4.69) is 4.98 Å². The molecule has 0 saturated carbocycles. The number of carbonyl (C=O) groups excluding carboxylic acids is 2. The van der Waals surface area contributed by atoms with Crippen LogP contribution in [-0.2, 0) is 16.1 Å². The highest BCUT2D eigenvalue weighted by atomic mass is 16.6. The van der Waals surface area contributed by atoms with E-state index in [0.717, 1.165) is 5.56 Å². The molecule has 1 unspecified atom stereocenters. The Morgan fingerprint density at radius 3 is 2.45 bits per heavy atom. The summed E-state index contributed by atoms with van der Waals surface area (Å²) in [6, 6.07) is 14.5. The van der Waals surface area contributed by atoms with Gasteiger partial charge in [0, 0.05) is 36.6 Å². The van der Waals surface area contributed by atoms with Crippen molar-refractivity contribution in [3.63, 3.8) is 0 Å². The summed E-state index contributed by atoms with van der Waals surface area (Å²) in [4.78, 5) is 41.9. The van der Waals surface area contributed by atoms with Gasteiger partial charge in [-0.1, -0.05) is 12.1 Å². The van der Waals surface area contributed by atoms with E-state index in [9.17, 15) is 24.8 Å². The SMILES string of the molecule is COc1cccc(C(O)=C2C(=O)C(=O)N(Cc3ccncc3)C2c2ccc([N+](=O)[O-])cc2)c1. The van der Waals surface area contributed by atoms with Crippen molar-refractivity contribution in [2.45, 2.75) is 12.6 Å². The Bertz CT molecular complexity index is 1250. The van der Waals surface area contributed by atoms with E-state index in [0.29, 0.717) is 16.9 Å². The molecule has 0 bridgehead atoms. The second-order valence-electron chi connectivity index (χ2n) is 7.36. The van der Waals surface area contributed by atoms with Crippen LogP contribution >= 0.6 is 0 Å². The monoisotopic (exact) mass is 445 g/mol. The van der Waals surface area contributed by atoms with E-state index in [1.54, 1.807) is 48.8 Å². The predicted octanol–water partition coefficient (Wildman–Crippen LogP) is 3.62. The number of likely N-dealkylation sites (tertiary alicyclic amines) is 1. The molecule has 1 aliphatic heterocycles. The summed E-state index contributed by atoms with van der Waals surface area (Å²) in [7, 11) is 1.48. The van der Waals surface area contributed by atoms with Crippen LogP contribution in [0.25, 0.3) is 5.76 Å². The summed E-state index contributed by atoms with van der Waals surface area (Å²) < 4.78 is 5.20. The molecule has 1 atom stereocenters. The molecule has 1 aliphatic rings. The summed E-state index contributed by atoms with van der Waals surface area (Å²) in [5.74, 6) is -1.50. The number of ketones is 1. The van der Waals surface area contributed by atoms with Crippen LogP contribution in [0.15, 0.2) is 78.6 Å². The van der Waals surface area contributed by atoms with Crippen LogP contribution in [0.3, 0.4) is 0 Å². The molecule has 0 radical (unpaired) electrons. The molecule has 166 valence electrons. The number of nitro groups is 1. The molecule has 2 heterocycles. The first-order chi connectivity index (χ1) is 15.9. The van der Waals surface area contributed by atoms with Gasteiger partial charge in [0.25, 0.3) is 17.4 Å². The van der Waals surface area contributed by atoms with E-state index in [4.69, 9.17) is 4.74 Å². The molecule has 4 rings (SSSR count). The number of rotatable bonds is 6. The quantitative estimate of drug-likeness (QED) is 0.202. The van der Waals surface area contributed by atoms with E-state index in [1.165, 1.54) is 36.3 Å². The van der Waals surface area contributed by atoms with Crippen LogP contribution in [0.4, 0.5) is 5.69 Å². The van der Waals surface area contributed by atoms with Crippen LogP contribution in [0.1, 0.15) is 22.7 Å². The van der Waals surface area contributed by atoms with Gasteiger partial charge in [-0.15, -0.1) is 0 Å². The number of pyridine rings is 1. The Morgan fingerprint density at radius 1 is 1.12 bits per heavy atom. The zero-order chi connectivity index (χ0) is 23.5. The van der Waals surface area contributed by atoms with Crippen LogP contribution < -0.4 is 4.74 Å². The number of ether oxygens (including phenoxy) is 1. The number of benzene rings is 2. The van der Waals surface area contributed by atoms with Gasteiger partial charge in [0.15, 0.2) is 0 Å². The Morgan fingerprint density at radius 2 is 1.82 bits per heavy atom. The van der Waals surface area contributed by atoms with E-state index in [1.807, 2.05) is 0 Å². The standard InChI is InChI=1S/C24H19N3O6/c1-33-19-4-2-3-17(13-19)22(28)20-21(16-5-7-18(8-6-16)27(31)32)26(24(30)23(20)29)14-15-9-11-25-12-10-15/h2-13,21,28H,14H2,1H3. The predicted molar refractivity (Wildman–Crippen MR) is 118 cm³/mol. The summed E-state index contributed by atoms with van der Waals surface area (Å²) in [5.41, 5.74) is 1.27. The molecule has 1 aromatic heterocycles. The molecule has 1 saturated heterocycles. The molecule has 33 heavy (non-hydrogen) atoms. The van der Waals surface area contributed by atoms with Crippen molar-refractivity contribution in [3.05, 3.63) is 105 Å². The fourth-order valence-electron chi connectivity index (χ4n) is 3.78. The molecule has 2 aromatic carbocycles. The first-order valence-corrected chi connectivity index (χ1v) is 9.97. The number of aromatic nitrogens is 1. The average molecular weight is 445 g/mol. The molecular weight excluding hydrogens is 426 g/mol. The number of aliphatic hydroxyl groups excluding tert-OH is 1. The van der Waals surface area contributed by atoms with Gasteiger partial charge >= 0.3 is 0 Å². The summed E-state index contributed by atoms with van der Waals surface area (Å²) in [6.45, 7) is 0.0869. The maximum Gasteiger partial charge on any atom is 0.295 e. The number of methoxy groups -OCH3 is 1. The Hall–Kier alpha value is -4.53. The van der Waals surface area contributed by atoms with Crippen LogP contribution in [0.5, 0.6) is 5.75 Å². The highest BCUT2D eigenvalue weighted by molar-refractivity contribution is 6.46. The number of nitrogens with zero attached hydrogens (tertiary/aromatic N) is 3. The zero-order valence-electron chi connectivity index (χ0n) is 17.5. The Balaban J connectivity index is 1.86. The summed E-state index contributed by atoms with van der Waals surface area (Å²) in [5, 5.41) is 22.2. The van der Waals surface area contributed by atoms with Gasteiger partial charge in [-0.25, -0.2) is 0 Å². The van der Waals surface area contributed by atoms with Crippen molar-refractivity contribution in [1.82, 2.24) is 9.88 Å². The number of nitro benzene ring substituents is 1. The lowest BCUT2D eigenvalue weighted by atomic mass is 9.95. The molecule has 1 N–H and O–H groups in total. The number of carbonyl (C=O) groups is 2. The van der Waals surface area contributed by atoms with Crippen molar-refractivity contribution >= 4 is 23.1 Å². The fourth-order valence-corrected chi connectivity index (χ4v) is 3.78. The highest BCUT2D eigenvalue weighted by Gasteiger charge is 2.46. The highest BCUT2D eigenvalue weighted by Crippen LogP contribution is 2.40. The molecular formula is C24H19N3O6. The van der Waals surface area contributed by atoms with Gasteiger partial charge in [-0.2, -0.15) is 0 Å². The molecule has 9 nitrogen and oxygen atoms in total. The Labute approximate surface area is 188 Å². The normalized spacial score (nSPS) is 17.2. The van der Waals surface area contributed by atoms with Crippen molar-refractivity contribution in [2.24, 2.45) is 0 Å². The van der Waals surface area contributed by atoms with Crippen LogP contribution in [-0.4, -0.2) is 38.7 Å². The van der Waals surface area contributed by atoms with E-state index >= 15 is 0 Å². The molecule has 0 aliphatic carbocycles. The molecule has 1 amide bonds. The average Bonchev–Trinajstić information content (AvgIpc) is 3.09. The lowest BCUT2D eigenvalue weighted by Gasteiger charge is -2.25. The number of aliphatic hydroxyl groups is 1. The van der Waals surface area contributed by atoms with Crippen LogP contribution in [0.2, 0.25) is 0 Å². The first kappa shape index (κ1) is 21.7. The smallest absolute Gasteiger partial charge is 0.295 e. The van der Waals surface area contributed by atoms with Gasteiger partial charge in [0.05, 0.1) is 23.6 Å². The minimum Gasteiger partial charge on any atom is -0.507 e. The van der Waals surface area contributed by atoms with Crippen LogP contribution in [0, 0.1) is 10.1 Å². The number of amides is 1. The third-order valence-corrected chi connectivity index (χ3v) is 5.41. The maximum absolute atomic E-state index is 13.1. The zero-order valence-corrected chi connectivity index (χ0v) is 17.5. The van der Waals surface area contributed by atoms with Gasteiger partial charge in [0.2, 0.25) is 0 Å². The molecule has 0 spiro atoms. The van der Waals surface area contributed by atoms with Gasteiger partial charge in [-0.3, -0.25) is 24.7 Å². The number of non-ortho nitro benzene ring substituents is 1. The first-order valence-electron chi connectivity index (χ1n) is 9.97. The van der Waals surface area contributed by atoms with Crippen molar-refractivity contribution in [1.29, 1.82) is 0 Å². The summed E-state index contributed by atoms with van der Waals surface area (Å²) >= 11 is 0. The second kappa shape index (κ2) is 8.91. The van der Waals surface area contributed by atoms with Crippen molar-refractivity contribution < 1.29 is 24.4 Å². The van der Waals surface area contributed by atoms with Crippen molar-refractivity contribution in [3.8, 4) is 5.75 Å². The topological polar surface area (TPSA) is 123 Å². The van der Waals surface area contributed by atoms with Crippen molar-refractivity contribution in [2.75, 3.05) is 7.11 Å². The van der Waals surface area contributed by atoms with Gasteiger partial charge < -0.3 is 14.7 Å². The lowest BCUT2D eigenvalue weighted by molar-refractivity contribution is -0.384. The van der Waals surface area contributed by atoms with Gasteiger partial charge in [0.1, 0.15) is 11.5 Å². The number of Topliss-reactive ketones (excluding diaryl/α,β-unsaturated/α-hetero) is 1. The second-order valence-corrected chi connectivity index (χ2v) is 7.36. The fraction of sp³-hybridized carbons (Fsp3) is 0.125. The molecule has 1 fully saturated rings. The molecule has 3 aromatic rings. The minimum atomic E-state index is -0.940. The number of hydrogen-bond donors (Lipinski definition) is 1. The molecule has 9 heteroatoms. The largest absolute Gasteiger partial charge is 0.507 e. The number of hydrogen-bond acceptors (Lipinski definition) is 7. The maximum atomic E-state index is 13.1. The van der Waals surface area contributed by atoms with E-state index in [-0.39, 0.29) is 23.6 Å². The van der Waals surface area contributed by atoms with E-state index < -0.39 is 22.7 Å². The summed E-state index contributed by atoms with van der Waals surface area (Å²) in [6.07, 6.45) is 3.14. The third-order valence-electron chi connectivity index (χ3n) is 5.41. The lowest BCUT2D eigenvalue weighted by Crippen LogP contribution is -2.29. The third kappa shape index (κ3) is 4.16. The van der Waals surface area contributed by atoms with Gasteiger partial charge in [-0.05, 0) is 47.5 Å². The minimum absolute atomic E-state index is 0.0869. The Kier molecular flexibility index (Phi) is 5.86.